The van der Waals surface area contributed by atoms with Crippen LogP contribution in [0.15, 0.2) is 18.2 Å². The molecule has 40 heavy (non-hydrogen) atoms. The summed E-state index contributed by atoms with van der Waals surface area (Å²) in [5.74, 6) is 0.780. The number of aromatic nitrogens is 3. The largest absolute Gasteiger partial charge is 0.494 e. The number of hydrogen-bond acceptors (Lipinski definition) is 9. The van der Waals surface area contributed by atoms with Gasteiger partial charge in [-0.25, -0.2) is 9.18 Å². The van der Waals surface area contributed by atoms with Crippen molar-refractivity contribution >= 4 is 37.4 Å². The van der Waals surface area contributed by atoms with Gasteiger partial charge in [0.05, 0.1) is 13.2 Å². The molecule has 1 aromatic heterocycles. The van der Waals surface area contributed by atoms with Crippen LogP contribution in [0.4, 0.5) is 26.8 Å². The number of likely N-dealkylation sites (tertiary alicyclic amines) is 1. The van der Waals surface area contributed by atoms with Gasteiger partial charge in [-0.1, -0.05) is 27.5 Å². The third-order valence-electron chi connectivity index (χ3n) is 6.88. The maximum atomic E-state index is 14.3. The number of halogens is 1. The Morgan fingerprint density at radius 2 is 1.85 bits per heavy atom. The Hall–Kier alpha value is -3.20. The maximum Gasteiger partial charge on any atom is 0.410 e. The monoisotopic (exact) mass is 574 g/mol. The second kappa shape index (κ2) is 13.4. The summed E-state index contributed by atoms with van der Waals surface area (Å²) in [5.41, 5.74) is 0.511. The van der Waals surface area contributed by atoms with Crippen molar-refractivity contribution in [1.82, 2.24) is 19.9 Å². The van der Waals surface area contributed by atoms with Crippen molar-refractivity contribution in [2.24, 2.45) is 5.92 Å². The van der Waals surface area contributed by atoms with Gasteiger partial charge in [-0.2, -0.15) is 15.0 Å². The lowest BCUT2D eigenvalue weighted by Crippen LogP contribution is -2.44. The molecule has 1 atom stereocenters. The van der Waals surface area contributed by atoms with E-state index in [0.717, 1.165) is 27.6 Å². The van der Waals surface area contributed by atoms with Gasteiger partial charge in [-0.3, -0.25) is 4.90 Å². The van der Waals surface area contributed by atoms with Crippen LogP contribution in [0.2, 0.25) is 0 Å². The standard InChI is InChI=1S/C28H40FN6O4P/c1-28(2,3)39-27(36)35-15-9-12-21(35)23(40-5)38-26-33-24(30-17-18-10-7-6-8-11-18)32-25(34-26)31-19-13-14-22(37-4)20(29)16-19/h13-14,16,18,21H,6-12,15,17H2,1-5H3,(H2,30,31,32,33,34). The quantitative estimate of drug-likeness (QED) is 0.336. The molecule has 1 amide bonds. The molecular formula is C28H40FN6O4P. The van der Waals surface area contributed by atoms with Crippen molar-refractivity contribution in [3.8, 4) is 11.8 Å². The molecule has 2 heterocycles. The molecule has 1 saturated carbocycles. The number of nitrogens with one attached hydrogen (secondary N) is 2. The number of nitrogens with zero attached hydrogens (tertiary/aromatic N) is 4. The van der Waals surface area contributed by atoms with E-state index in [1.54, 1.807) is 11.0 Å². The van der Waals surface area contributed by atoms with Crippen LogP contribution in [-0.2, 0) is 4.74 Å². The summed E-state index contributed by atoms with van der Waals surface area (Å²) in [6.07, 6.45) is 7.32. The van der Waals surface area contributed by atoms with Crippen molar-refractivity contribution in [2.45, 2.75) is 77.4 Å². The van der Waals surface area contributed by atoms with Gasteiger partial charge in [-0.05, 0) is 71.2 Å². The van der Waals surface area contributed by atoms with Crippen molar-refractivity contribution in [1.29, 1.82) is 0 Å². The highest BCUT2D eigenvalue weighted by molar-refractivity contribution is 7.39. The molecule has 10 nitrogen and oxygen atoms in total. The topological polar surface area (TPSA) is 111 Å². The van der Waals surface area contributed by atoms with Crippen LogP contribution in [0.25, 0.3) is 0 Å². The van der Waals surface area contributed by atoms with E-state index >= 15 is 0 Å². The summed E-state index contributed by atoms with van der Waals surface area (Å²) in [6, 6.07) is 4.37. The van der Waals surface area contributed by atoms with E-state index in [4.69, 9.17) is 14.2 Å². The molecule has 0 bridgehead atoms. The molecular weight excluding hydrogens is 534 g/mol. The first kappa shape index (κ1) is 29.8. The number of rotatable bonds is 9. The van der Waals surface area contributed by atoms with Gasteiger partial charge >= 0.3 is 12.1 Å². The fraction of sp³-hybridized carbons (Fsp3) is 0.607. The Balaban J connectivity index is 1.56. The molecule has 1 aromatic carbocycles. The van der Waals surface area contributed by atoms with Crippen molar-refractivity contribution in [3.63, 3.8) is 0 Å². The SMILES string of the molecule is COc1ccc(Nc2nc(NCC3CCCCC3)nc(OC(=PC)C3CCCN3C(=O)OC(C)(C)C)n2)cc1F. The molecule has 12 heteroatoms. The number of anilines is 3. The lowest BCUT2D eigenvalue weighted by molar-refractivity contribution is 0.0260. The highest BCUT2D eigenvalue weighted by atomic mass is 31.1. The van der Waals surface area contributed by atoms with Gasteiger partial charge in [0.1, 0.15) is 5.60 Å². The van der Waals surface area contributed by atoms with E-state index in [9.17, 15) is 9.18 Å². The maximum absolute atomic E-state index is 14.3. The van der Waals surface area contributed by atoms with E-state index in [1.165, 1.54) is 51.3 Å². The summed E-state index contributed by atoms with van der Waals surface area (Å²) in [7, 11) is 2.26. The normalized spacial score (nSPS) is 18.4. The molecule has 1 aliphatic carbocycles. The first-order chi connectivity index (χ1) is 19.1. The Morgan fingerprint density at radius 3 is 2.52 bits per heavy atom. The number of benzene rings is 1. The minimum atomic E-state index is -0.593. The van der Waals surface area contributed by atoms with Crippen LogP contribution in [0.3, 0.4) is 0 Å². The number of hydrogen-bond donors (Lipinski definition) is 2. The molecule has 2 aliphatic rings. The summed E-state index contributed by atoms with van der Waals surface area (Å²) in [6.45, 7) is 8.84. The number of carbonyl (C=O) groups excluding carboxylic acids is 1. The minimum Gasteiger partial charge on any atom is -0.494 e. The average Bonchev–Trinajstić information content (AvgIpc) is 3.40. The predicted octanol–water partition coefficient (Wildman–Crippen LogP) is 6.24. The molecule has 4 rings (SSSR count). The zero-order chi connectivity index (χ0) is 28.7. The Labute approximate surface area is 237 Å². The summed E-state index contributed by atoms with van der Waals surface area (Å²) in [4.78, 5) is 28.1. The minimum absolute atomic E-state index is 0.0954. The Bertz CT molecular complexity index is 1200. The number of methoxy groups -OCH3 is 1. The summed E-state index contributed by atoms with van der Waals surface area (Å²) < 4.78 is 31.2. The third-order valence-corrected chi connectivity index (χ3v) is 7.71. The fourth-order valence-electron chi connectivity index (χ4n) is 4.96. The predicted molar refractivity (Wildman–Crippen MR) is 156 cm³/mol. The lowest BCUT2D eigenvalue weighted by atomic mass is 9.89. The zero-order valence-electron chi connectivity index (χ0n) is 24.0. The molecule has 0 radical (unpaired) electrons. The van der Waals surface area contributed by atoms with Crippen LogP contribution < -0.4 is 20.1 Å². The zero-order valence-corrected chi connectivity index (χ0v) is 24.9. The fourth-order valence-corrected chi connectivity index (χ4v) is 5.70. The van der Waals surface area contributed by atoms with Gasteiger partial charge < -0.3 is 24.8 Å². The van der Waals surface area contributed by atoms with Gasteiger partial charge in [0.25, 0.3) is 0 Å². The smallest absolute Gasteiger partial charge is 0.410 e. The van der Waals surface area contributed by atoms with Crippen molar-refractivity contribution < 1.29 is 23.4 Å². The highest BCUT2D eigenvalue weighted by Gasteiger charge is 2.36. The first-order valence-electron chi connectivity index (χ1n) is 13.9. The number of carbonyl (C=O) groups is 1. The second-order valence-electron chi connectivity index (χ2n) is 11.1. The van der Waals surface area contributed by atoms with Gasteiger partial charge in [0.2, 0.25) is 11.9 Å². The van der Waals surface area contributed by atoms with Crippen LogP contribution in [0.5, 0.6) is 11.8 Å². The van der Waals surface area contributed by atoms with E-state index in [2.05, 4.69) is 25.6 Å². The van der Waals surface area contributed by atoms with E-state index in [1.807, 2.05) is 27.4 Å². The second-order valence-corrected chi connectivity index (χ2v) is 12.0. The van der Waals surface area contributed by atoms with E-state index in [0.29, 0.717) is 29.6 Å². The Kier molecular flexibility index (Phi) is 10.0. The van der Waals surface area contributed by atoms with Crippen LogP contribution in [-0.4, -0.2) is 69.9 Å². The van der Waals surface area contributed by atoms with Crippen LogP contribution in [0, 0.1) is 11.7 Å². The molecule has 218 valence electrons. The average molecular weight is 575 g/mol. The molecule has 2 N–H and O–H groups in total. The first-order valence-corrected chi connectivity index (χ1v) is 15.2. The van der Waals surface area contributed by atoms with Crippen LogP contribution >= 0.6 is 8.20 Å². The highest BCUT2D eigenvalue weighted by Crippen LogP contribution is 2.28. The van der Waals surface area contributed by atoms with Crippen molar-refractivity contribution in [2.75, 3.05) is 37.5 Å². The van der Waals surface area contributed by atoms with Gasteiger partial charge in [0.15, 0.2) is 17.0 Å². The molecule has 0 spiro atoms. The van der Waals surface area contributed by atoms with E-state index < -0.39 is 11.4 Å². The summed E-state index contributed by atoms with van der Waals surface area (Å²) in [5, 5.41) is 6.41. The third kappa shape index (κ3) is 8.16. The van der Waals surface area contributed by atoms with Gasteiger partial charge in [-0.15, -0.1) is 0 Å². The molecule has 1 saturated heterocycles. The molecule has 1 aliphatic heterocycles. The van der Waals surface area contributed by atoms with Gasteiger partial charge in [0, 0.05) is 24.8 Å². The van der Waals surface area contributed by atoms with Crippen molar-refractivity contribution in [3.05, 3.63) is 24.0 Å². The molecule has 2 aromatic rings. The summed E-state index contributed by atoms with van der Waals surface area (Å²) >= 11 is 0. The number of ether oxygens (including phenoxy) is 3. The van der Waals surface area contributed by atoms with Crippen LogP contribution in [0.1, 0.15) is 65.7 Å². The molecule has 2 fully saturated rings. The van der Waals surface area contributed by atoms with E-state index in [-0.39, 0.29) is 29.8 Å². The lowest BCUT2D eigenvalue weighted by Gasteiger charge is -2.29. The Morgan fingerprint density at radius 1 is 1.10 bits per heavy atom. The number of amides is 1. The molecule has 1 unspecified atom stereocenters.